The Morgan fingerprint density at radius 2 is 2.38 bits per heavy atom. The van der Waals surface area contributed by atoms with Gasteiger partial charge in [-0.3, -0.25) is 9.59 Å². The highest BCUT2D eigenvalue weighted by atomic mass is 16.3. The van der Waals surface area contributed by atoms with E-state index in [1.54, 1.807) is 29.6 Å². The molecule has 2 aromatic rings. The summed E-state index contributed by atoms with van der Waals surface area (Å²) in [7, 11) is 0. The van der Waals surface area contributed by atoms with E-state index < -0.39 is 0 Å². The molecule has 0 spiro atoms. The molecule has 7 nitrogen and oxygen atoms in total. The van der Waals surface area contributed by atoms with Crippen molar-refractivity contribution in [2.75, 3.05) is 13.1 Å². The Morgan fingerprint density at radius 3 is 3.08 bits per heavy atom. The molecule has 2 unspecified atom stereocenters. The molecular formula is C17H22N4O3. The lowest BCUT2D eigenvalue weighted by molar-refractivity contribution is -0.127. The normalized spacial score (nSPS) is 19.0. The van der Waals surface area contributed by atoms with Gasteiger partial charge in [-0.05, 0) is 31.9 Å². The summed E-state index contributed by atoms with van der Waals surface area (Å²) in [5.74, 6) is -0.00374. The van der Waals surface area contributed by atoms with E-state index in [1.165, 1.54) is 6.26 Å². The second-order valence-corrected chi connectivity index (χ2v) is 6.24. The summed E-state index contributed by atoms with van der Waals surface area (Å²) in [4.78, 5) is 30.5. The van der Waals surface area contributed by atoms with Crippen molar-refractivity contribution in [3.05, 3.63) is 42.9 Å². The first kappa shape index (κ1) is 16.3. The van der Waals surface area contributed by atoms with E-state index in [2.05, 4.69) is 10.3 Å². The van der Waals surface area contributed by atoms with Gasteiger partial charge in [0.25, 0.3) is 5.91 Å². The number of nitrogens with one attached hydrogen (secondary N) is 1. The molecule has 24 heavy (non-hydrogen) atoms. The zero-order valence-corrected chi connectivity index (χ0v) is 13.7. The Bertz CT molecular complexity index is 666. The summed E-state index contributed by atoms with van der Waals surface area (Å²) in [6.45, 7) is 3.73. The van der Waals surface area contributed by atoms with Gasteiger partial charge >= 0.3 is 0 Å². The molecule has 128 valence electrons. The molecule has 0 aromatic carbocycles. The van der Waals surface area contributed by atoms with Gasteiger partial charge in [0, 0.05) is 38.1 Å². The van der Waals surface area contributed by atoms with E-state index >= 15 is 0 Å². The van der Waals surface area contributed by atoms with Crippen LogP contribution in [0.3, 0.4) is 0 Å². The fourth-order valence-electron chi connectivity index (χ4n) is 3.05. The van der Waals surface area contributed by atoms with Crippen LogP contribution in [0.4, 0.5) is 0 Å². The molecule has 1 N–H and O–H groups in total. The molecule has 2 atom stereocenters. The average molecular weight is 330 g/mol. The van der Waals surface area contributed by atoms with E-state index in [0.717, 1.165) is 12.8 Å². The third-order valence-corrected chi connectivity index (χ3v) is 4.24. The number of imidazole rings is 1. The molecule has 2 aromatic heterocycles. The number of aromatic nitrogens is 2. The van der Waals surface area contributed by atoms with Crippen molar-refractivity contribution in [3.63, 3.8) is 0 Å². The van der Waals surface area contributed by atoms with E-state index in [9.17, 15) is 9.59 Å². The molecule has 1 fully saturated rings. The summed E-state index contributed by atoms with van der Waals surface area (Å²) in [6.07, 6.45) is 8.42. The predicted octanol–water partition coefficient (Wildman–Crippen LogP) is 1.53. The monoisotopic (exact) mass is 330 g/mol. The first-order valence-corrected chi connectivity index (χ1v) is 8.22. The summed E-state index contributed by atoms with van der Waals surface area (Å²) >= 11 is 0. The van der Waals surface area contributed by atoms with Gasteiger partial charge in [0.15, 0.2) is 5.76 Å². The highest BCUT2D eigenvalue weighted by molar-refractivity contribution is 5.92. The maximum atomic E-state index is 12.5. The Kier molecular flexibility index (Phi) is 4.98. The minimum atomic E-state index is -0.178. The molecule has 0 aliphatic carbocycles. The van der Waals surface area contributed by atoms with Crippen molar-refractivity contribution in [1.29, 1.82) is 0 Å². The van der Waals surface area contributed by atoms with Crippen LogP contribution in [0, 0.1) is 5.92 Å². The molecular weight excluding hydrogens is 308 g/mol. The zero-order chi connectivity index (χ0) is 16.9. The minimum Gasteiger partial charge on any atom is -0.459 e. The van der Waals surface area contributed by atoms with Crippen LogP contribution in [0.5, 0.6) is 0 Å². The molecule has 0 bridgehead atoms. The quantitative estimate of drug-likeness (QED) is 0.901. The largest absolute Gasteiger partial charge is 0.459 e. The number of likely N-dealkylation sites (tertiary alicyclic amines) is 1. The summed E-state index contributed by atoms with van der Waals surface area (Å²) < 4.78 is 7.10. The fraction of sp³-hybridized carbons (Fsp3) is 0.471. The van der Waals surface area contributed by atoms with Gasteiger partial charge in [-0.15, -0.1) is 0 Å². The van der Waals surface area contributed by atoms with Crippen LogP contribution in [-0.4, -0.2) is 45.4 Å². The number of hydrogen-bond donors (Lipinski definition) is 1. The van der Waals surface area contributed by atoms with Crippen molar-refractivity contribution >= 4 is 11.8 Å². The number of furan rings is 1. The Morgan fingerprint density at radius 1 is 1.50 bits per heavy atom. The van der Waals surface area contributed by atoms with Crippen molar-refractivity contribution in [2.45, 2.75) is 32.4 Å². The van der Waals surface area contributed by atoms with Crippen LogP contribution in [0.25, 0.3) is 0 Å². The highest BCUT2D eigenvalue weighted by Crippen LogP contribution is 2.19. The fourth-order valence-corrected chi connectivity index (χ4v) is 3.05. The topological polar surface area (TPSA) is 80.4 Å². The maximum absolute atomic E-state index is 12.5. The zero-order valence-electron chi connectivity index (χ0n) is 13.7. The van der Waals surface area contributed by atoms with Gasteiger partial charge in [-0.1, -0.05) is 0 Å². The molecule has 1 aliphatic heterocycles. The molecule has 3 heterocycles. The number of rotatable bonds is 5. The Labute approximate surface area is 140 Å². The SMILES string of the molecule is CC(Cn1ccnc1)NC(=O)C1CCCN(C(=O)c2ccco2)C1. The number of hydrogen-bond acceptors (Lipinski definition) is 4. The lowest BCUT2D eigenvalue weighted by atomic mass is 9.96. The molecule has 3 rings (SSSR count). The van der Waals surface area contributed by atoms with Crippen LogP contribution in [-0.2, 0) is 11.3 Å². The van der Waals surface area contributed by atoms with Gasteiger partial charge < -0.3 is 19.2 Å². The van der Waals surface area contributed by atoms with Crippen molar-refractivity contribution in [2.24, 2.45) is 5.92 Å². The van der Waals surface area contributed by atoms with Gasteiger partial charge in [0.2, 0.25) is 5.91 Å². The molecule has 0 saturated carbocycles. The van der Waals surface area contributed by atoms with Crippen LogP contribution >= 0.6 is 0 Å². The molecule has 0 radical (unpaired) electrons. The van der Waals surface area contributed by atoms with E-state index in [-0.39, 0.29) is 23.8 Å². The molecule has 1 aliphatic rings. The van der Waals surface area contributed by atoms with E-state index in [1.807, 2.05) is 17.7 Å². The lowest BCUT2D eigenvalue weighted by Crippen LogP contribution is -2.47. The van der Waals surface area contributed by atoms with Crippen molar-refractivity contribution < 1.29 is 14.0 Å². The van der Waals surface area contributed by atoms with Gasteiger partial charge in [-0.2, -0.15) is 0 Å². The second kappa shape index (κ2) is 7.33. The smallest absolute Gasteiger partial charge is 0.289 e. The summed E-state index contributed by atoms with van der Waals surface area (Å²) in [5, 5.41) is 3.03. The van der Waals surface area contributed by atoms with Crippen LogP contribution in [0.1, 0.15) is 30.3 Å². The molecule has 1 saturated heterocycles. The van der Waals surface area contributed by atoms with Crippen LogP contribution in [0.15, 0.2) is 41.5 Å². The lowest BCUT2D eigenvalue weighted by Gasteiger charge is -2.32. The van der Waals surface area contributed by atoms with Crippen molar-refractivity contribution in [1.82, 2.24) is 19.8 Å². The van der Waals surface area contributed by atoms with Gasteiger partial charge in [0.1, 0.15) is 0 Å². The summed E-state index contributed by atoms with van der Waals surface area (Å²) in [6, 6.07) is 3.35. The minimum absolute atomic E-state index is 0.000407. The van der Waals surface area contributed by atoms with Crippen LogP contribution in [0.2, 0.25) is 0 Å². The van der Waals surface area contributed by atoms with E-state index in [4.69, 9.17) is 4.42 Å². The third-order valence-electron chi connectivity index (χ3n) is 4.24. The first-order valence-electron chi connectivity index (χ1n) is 8.22. The number of piperidine rings is 1. The molecule has 7 heteroatoms. The first-order chi connectivity index (χ1) is 11.6. The Hall–Kier alpha value is -2.57. The second-order valence-electron chi connectivity index (χ2n) is 6.24. The Balaban J connectivity index is 1.54. The van der Waals surface area contributed by atoms with Crippen molar-refractivity contribution in [3.8, 4) is 0 Å². The maximum Gasteiger partial charge on any atom is 0.289 e. The van der Waals surface area contributed by atoms with E-state index in [0.29, 0.717) is 25.4 Å². The number of nitrogens with zero attached hydrogens (tertiary/aromatic N) is 3. The predicted molar refractivity (Wildman–Crippen MR) is 87.2 cm³/mol. The number of carbonyl (C=O) groups excluding carboxylic acids is 2. The molecule has 2 amide bonds. The van der Waals surface area contributed by atoms with Gasteiger partial charge in [0.05, 0.1) is 18.5 Å². The van der Waals surface area contributed by atoms with Crippen LogP contribution < -0.4 is 5.32 Å². The van der Waals surface area contributed by atoms with Gasteiger partial charge in [-0.25, -0.2) is 4.98 Å². The number of carbonyl (C=O) groups is 2. The standard InChI is InChI=1S/C17H22N4O3/c1-13(10-20-8-6-18-12-20)19-16(22)14-4-2-7-21(11-14)17(23)15-5-3-9-24-15/h3,5-6,8-9,12-14H,2,4,7,10-11H2,1H3,(H,19,22). The number of amides is 2. The summed E-state index contributed by atoms with van der Waals surface area (Å²) in [5.41, 5.74) is 0. The highest BCUT2D eigenvalue weighted by Gasteiger charge is 2.30. The third kappa shape index (κ3) is 3.84. The average Bonchev–Trinajstić information content (AvgIpc) is 3.27.